The van der Waals surface area contributed by atoms with Crippen molar-refractivity contribution in [2.75, 3.05) is 13.1 Å². The summed E-state index contributed by atoms with van der Waals surface area (Å²) >= 11 is 1.48. The van der Waals surface area contributed by atoms with Crippen molar-refractivity contribution in [3.05, 3.63) is 27.6 Å². The molecule has 0 aromatic carbocycles. The predicted octanol–water partition coefficient (Wildman–Crippen LogP) is 1.56. The first-order valence-electron chi connectivity index (χ1n) is 6.34. The molecule has 0 aliphatic carbocycles. The molecule has 1 saturated heterocycles. The van der Waals surface area contributed by atoms with Crippen molar-refractivity contribution in [3.63, 3.8) is 0 Å². The summed E-state index contributed by atoms with van der Waals surface area (Å²) in [4.78, 5) is 31.2. The molecule has 1 amide bonds. The van der Waals surface area contributed by atoms with Gasteiger partial charge < -0.3 is 4.90 Å². The number of thiophene rings is 1. The van der Waals surface area contributed by atoms with E-state index in [1.165, 1.54) is 11.3 Å². The number of aromatic nitrogens is 2. The van der Waals surface area contributed by atoms with Gasteiger partial charge in [0.1, 0.15) is 4.83 Å². The lowest BCUT2D eigenvalue weighted by atomic mass is 10.2. The van der Waals surface area contributed by atoms with Crippen LogP contribution in [0.4, 0.5) is 0 Å². The number of carbonyl (C=O) groups excluding carboxylic acids is 1. The van der Waals surface area contributed by atoms with E-state index in [0.717, 1.165) is 10.4 Å². The smallest absolute Gasteiger partial charge is 0.262 e. The van der Waals surface area contributed by atoms with Crippen molar-refractivity contribution in [1.29, 1.82) is 0 Å². The number of hydrogen-bond donors (Lipinski definition) is 0. The number of nitrogens with zero attached hydrogens (tertiary/aromatic N) is 3. The van der Waals surface area contributed by atoms with E-state index in [1.807, 2.05) is 19.2 Å². The first-order chi connectivity index (χ1) is 9.11. The predicted molar refractivity (Wildman–Crippen MR) is 74.5 cm³/mol. The van der Waals surface area contributed by atoms with Crippen LogP contribution in [0.15, 0.2) is 16.5 Å². The number of fused-ring (bicyclic) bond motifs is 1. The maximum absolute atomic E-state index is 12.5. The molecule has 100 valence electrons. The second-order valence-corrected chi connectivity index (χ2v) is 5.70. The summed E-state index contributed by atoms with van der Waals surface area (Å²) in [6, 6.07) is -0.0869. The third-order valence-electron chi connectivity index (χ3n) is 3.67. The lowest BCUT2D eigenvalue weighted by Crippen LogP contribution is -2.28. The van der Waals surface area contributed by atoms with Gasteiger partial charge in [0.05, 0.1) is 17.8 Å². The van der Waals surface area contributed by atoms with E-state index in [-0.39, 0.29) is 17.5 Å². The molecule has 3 heterocycles. The lowest BCUT2D eigenvalue weighted by molar-refractivity contribution is -0.127. The van der Waals surface area contributed by atoms with Gasteiger partial charge in [0.2, 0.25) is 5.91 Å². The van der Waals surface area contributed by atoms with Crippen LogP contribution in [0.2, 0.25) is 0 Å². The number of hydrogen-bond acceptors (Lipinski definition) is 4. The Labute approximate surface area is 114 Å². The number of aryl methyl sites for hydroxylation is 1. The summed E-state index contributed by atoms with van der Waals surface area (Å²) in [7, 11) is 0. The fourth-order valence-electron chi connectivity index (χ4n) is 2.59. The highest BCUT2D eigenvalue weighted by Crippen LogP contribution is 2.24. The summed E-state index contributed by atoms with van der Waals surface area (Å²) in [6.07, 6.45) is 1.97. The Hall–Kier alpha value is -1.69. The maximum atomic E-state index is 12.5. The van der Waals surface area contributed by atoms with Gasteiger partial charge in [-0.05, 0) is 24.8 Å². The van der Waals surface area contributed by atoms with Gasteiger partial charge in [-0.2, -0.15) is 0 Å². The van der Waals surface area contributed by atoms with Gasteiger partial charge in [-0.3, -0.25) is 14.2 Å². The van der Waals surface area contributed by atoms with Crippen LogP contribution in [-0.4, -0.2) is 33.4 Å². The minimum Gasteiger partial charge on any atom is -0.341 e. The van der Waals surface area contributed by atoms with Crippen molar-refractivity contribution in [3.8, 4) is 0 Å². The van der Waals surface area contributed by atoms with Crippen LogP contribution in [0.25, 0.3) is 10.2 Å². The fraction of sp³-hybridized carbons (Fsp3) is 0.462. The SMILES string of the molecule is CCN1C[C@H](n2cnc3scc(C)c3c2=O)CC1=O. The number of rotatable bonds is 2. The van der Waals surface area contributed by atoms with Gasteiger partial charge in [-0.25, -0.2) is 4.98 Å². The molecule has 1 atom stereocenters. The summed E-state index contributed by atoms with van der Waals surface area (Å²) in [6.45, 7) is 5.17. The molecule has 2 aromatic heterocycles. The number of likely N-dealkylation sites (N-methyl/N-ethyl adjacent to an activating group) is 1. The molecule has 0 saturated carbocycles. The fourth-order valence-corrected chi connectivity index (χ4v) is 3.47. The van der Waals surface area contributed by atoms with E-state index in [0.29, 0.717) is 24.9 Å². The highest BCUT2D eigenvalue weighted by atomic mass is 32.1. The monoisotopic (exact) mass is 277 g/mol. The molecule has 6 heteroatoms. The van der Waals surface area contributed by atoms with E-state index in [9.17, 15) is 9.59 Å². The van der Waals surface area contributed by atoms with E-state index in [2.05, 4.69) is 4.98 Å². The normalized spacial score (nSPS) is 19.6. The first kappa shape index (κ1) is 12.3. The Balaban J connectivity index is 2.07. The molecule has 2 aromatic rings. The standard InChI is InChI=1S/C13H15N3O2S/c1-3-15-5-9(4-10(15)17)16-7-14-12-11(13(16)18)8(2)6-19-12/h6-7,9H,3-5H2,1-2H3/t9-/m1/s1. The van der Waals surface area contributed by atoms with E-state index in [1.54, 1.807) is 15.8 Å². The zero-order chi connectivity index (χ0) is 13.6. The Morgan fingerprint density at radius 1 is 1.47 bits per heavy atom. The van der Waals surface area contributed by atoms with Crippen molar-refractivity contribution in [2.24, 2.45) is 0 Å². The van der Waals surface area contributed by atoms with Crippen molar-refractivity contribution >= 4 is 27.5 Å². The average Bonchev–Trinajstić information content (AvgIpc) is 2.94. The molecule has 1 aliphatic heterocycles. The summed E-state index contributed by atoms with van der Waals surface area (Å²) in [5.74, 6) is 0.113. The van der Waals surface area contributed by atoms with E-state index >= 15 is 0 Å². The Kier molecular flexibility index (Phi) is 2.89. The minimum absolute atomic E-state index is 0.0282. The Bertz CT molecular complexity index is 703. The van der Waals surface area contributed by atoms with Crippen LogP contribution in [0, 0.1) is 6.92 Å². The summed E-state index contributed by atoms with van der Waals surface area (Å²) < 4.78 is 1.62. The lowest BCUT2D eigenvalue weighted by Gasteiger charge is -2.15. The zero-order valence-corrected chi connectivity index (χ0v) is 11.7. The van der Waals surface area contributed by atoms with Gasteiger partial charge in [0.25, 0.3) is 5.56 Å². The molecular weight excluding hydrogens is 262 g/mol. The van der Waals surface area contributed by atoms with Gasteiger partial charge in [-0.15, -0.1) is 11.3 Å². The van der Waals surface area contributed by atoms with Crippen LogP contribution in [0.5, 0.6) is 0 Å². The summed E-state index contributed by atoms with van der Waals surface area (Å²) in [5, 5.41) is 2.64. The maximum Gasteiger partial charge on any atom is 0.262 e. The van der Waals surface area contributed by atoms with Gasteiger partial charge in [0, 0.05) is 19.5 Å². The third kappa shape index (κ3) is 1.87. The molecule has 0 unspecified atom stereocenters. The molecule has 1 aliphatic rings. The van der Waals surface area contributed by atoms with Crippen LogP contribution < -0.4 is 5.56 Å². The minimum atomic E-state index is -0.0869. The molecule has 19 heavy (non-hydrogen) atoms. The average molecular weight is 277 g/mol. The van der Waals surface area contributed by atoms with E-state index < -0.39 is 0 Å². The second kappa shape index (κ2) is 4.45. The largest absolute Gasteiger partial charge is 0.341 e. The van der Waals surface area contributed by atoms with Gasteiger partial charge in [0.15, 0.2) is 0 Å². The molecular formula is C13H15N3O2S. The van der Waals surface area contributed by atoms with Crippen LogP contribution in [0.1, 0.15) is 24.9 Å². The highest BCUT2D eigenvalue weighted by Gasteiger charge is 2.30. The van der Waals surface area contributed by atoms with Crippen LogP contribution >= 0.6 is 11.3 Å². The zero-order valence-electron chi connectivity index (χ0n) is 10.9. The number of carbonyl (C=O) groups is 1. The third-order valence-corrected chi connectivity index (χ3v) is 4.68. The summed E-state index contributed by atoms with van der Waals surface area (Å²) in [5.41, 5.74) is 0.933. The molecule has 0 radical (unpaired) electrons. The topological polar surface area (TPSA) is 55.2 Å². The molecule has 0 spiro atoms. The van der Waals surface area contributed by atoms with Crippen molar-refractivity contribution < 1.29 is 4.79 Å². The number of likely N-dealkylation sites (tertiary alicyclic amines) is 1. The van der Waals surface area contributed by atoms with Gasteiger partial charge in [-0.1, -0.05) is 0 Å². The van der Waals surface area contributed by atoms with Crippen LogP contribution in [-0.2, 0) is 4.79 Å². The molecule has 0 N–H and O–H groups in total. The Morgan fingerprint density at radius 3 is 2.95 bits per heavy atom. The Morgan fingerprint density at radius 2 is 2.26 bits per heavy atom. The quantitative estimate of drug-likeness (QED) is 0.837. The first-order valence-corrected chi connectivity index (χ1v) is 7.22. The number of amides is 1. The second-order valence-electron chi connectivity index (χ2n) is 4.85. The van der Waals surface area contributed by atoms with Crippen molar-refractivity contribution in [2.45, 2.75) is 26.3 Å². The molecule has 3 rings (SSSR count). The van der Waals surface area contributed by atoms with Gasteiger partial charge >= 0.3 is 0 Å². The molecule has 1 fully saturated rings. The van der Waals surface area contributed by atoms with Crippen molar-refractivity contribution in [1.82, 2.24) is 14.5 Å². The molecule has 0 bridgehead atoms. The van der Waals surface area contributed by atoms with E-state index in [4.69, 9.17) is 0 Å². The molecule has 5 nitrogen and oxygen atoms in total. The highest BCUT2D eigenvalue weighted by molar-refractivity contribution is 7.16. The van der Waals surface area contributed by atoms with Crippen LogP contribution in [0.3, 0.4) is 0 Å².